The number of methoxy groups -OCH3 is 1. The molecule has 1 atom stereocenters. The lowest BCUT2D eigenvalue weighted by Crippen LogP contribution is -2.55. The molecule has 7 nitrogen and oxygen atoms in total. The van der Waals surface area contributed by atoms with Crippen LogP contribution in [-0.4, -0.2) is 53.1 Å². The second-order valence-electron chi connectivity index (χ2n) is 7.54. The number of urea groups is 1. The Kier molecular flexibility index (Phi) is 7.03. The number of nitrogens with one attached hydrogen (secondary N) is 1. The molecule has 168 valence electrons. The SMILES string of the molecule is COc1cccc(Cc2nsc(N3CCN(C(=O)Nc4c(Cl)cccc4Cl)C(C)C3)n2)c1. The first-order valence-electron chi connectivity index (χ1n) is 10.2. The number of benzene rings is 2. The summed E-state index contributed by atoms with van der Waals surface area (Å²) in [7, 11) is 1.66. The Morgan fingerprint density at radius 3 is 2.69 bits per heavy atom. The van der Waals surface area contributed by atoms with Crippen molar-refractivity contribution in [3.05, 3.63) is 63.9 Å². The molecule has 0 radical (unpaired) electrons. The summed E-state index contributed by atoms with van der Waals surface area (Å²) in [4.78, 5) is 21.5. The lowest BCUT2D eigenvalue weighted by atomic mass is 10.1. The summed E-state index contributed by atoms with van der Waals surface area (Å²) in [6.45, 7) is 3.90. The molecule has 32 heavy (non-hydrogen) atoms. The highest BCUT2D eigenvalue weighted by molar-refractivity contribution is 7.09. The smallest absolute Gasteiger partial charge is 0.322 e. The Morgan fingerprint density at radius 1 is 1.22 bits per heavy atom. The number of carbonyl (C=O) groups is 1. The number of ether oxygens (including phenoxy) is 1. The Labute approximate surface area is 201 Å². The Bertz CT molecular complexity index is 1090. The van der Waals surface area contributed by atoms with Gasteiger partial charge in [0.25, 0.3) is 0 Å². The molecule has 1 N–H and O–H groups in total. The van der Waals surface area contributed by atoms with Gasteiger partial charge in [0.2, 0.25) is 5.13 Å². The largest absolute Gasteiger partial charge is 0.497 e. The summed E-state index contributed by atoms with van der Waals surface area (Å²) in [5.74, 6) is 1.60. The minimum absolute atomic E-state index is 0.0178. The zero-order valence-electron chi connectivity index (χ0n) is 17.7. The molecular formula is C22H23Cl2N5O2S. The number of rotatable bonds is 5. The van der Waals surface area contributed by atoms with Crippen LogP contribution in [0, 0.1) is 0 Å². The van der Waals surface area contributed by atoms with E-state index in [0.717, 1.165) is 22.3 Å². The number of carbonyl (C=O) groups excluding carboxylic acids is 1. The number of anilines is 2. The molecule has 1 aromatic heterocycles. The van der Waals surface area contributed by atoms with Gasteiger partial charge in [-0.05, 0) is 36.8 Å². The van der Waals surface area contributed by atoms with Gasteiger partial charge >= 0.3 is 6.03 Å². The van der Waals surface area contributed by atoms with Gasteiger partial charge in [-0.25, -0.2) is 9.78 Å². The minimum Gasteiger partial charge on any atom is -0.497 e. The van der Waals surface area contributed by atoms with Crippen LogP contribution in [0.2, 0.25) is 10.0 Å². The molecule has 1 aliphatic rings. The van der Waals surface area contributed by atoms with Gasteiger partial charge in [-0.3, -0.25) is 0 Å². The van der Waals surface area contributed by atoms with Gasteiger partial charge in [0.1, 0.15) is 11.6 Å². The standard InChI is InChI=1S/C22H23Cl2N5O2S/c1-14-13-28(9-10-29(14)21(30)26-20-17(23)7-4-8-18(20)24)22-25-19(27-32-22)12-15-5-3-6-16(11-15)31-2/h3-8,11,14H,9-10,12-13H2,1-2H3,(H,26,30). The van der Waals surface area contributed by atoms with Crippen molar-refractivity contribution >= 4 is 51.6 Å². The quantitative estimate of drug-likeness (QED) is 0.531. The number of halogens is 2. The maximum absolute atomic E-state index is 12.8. The van der Waals surface area contributed by atoms with Gasteiger partial charge in [0.15, 0.2) is 0 Å². The van der Waals surface area contributed by atoms with E-state index in [4.69, 9.17) is 32.9 Å². The fraction of sp³-hybridized carbons (Fsp3) is 0.318. The van der Waals surface area contributed by atoms with Crippen molar-refractivity contribution in [1.29, 1.82) is 0 Å². The van der Waals surface area contributed by atoms with Crippen molar-refractivity contribution in [1.82, 2.24) is 14.3 Å². The predicted octanol–water partition coefficient (Wildman–Crippen LogP) is 5.19. The molecule has 1 fully saturated rings. The van der Waals surface area contributed by atoms with Crippen molar-refractivity contribution < 1.29 is 9.53 Å². The molecule has 2 aromatic carbocycles. The monoisotopic (exact) mass is 491 g/mol. The van der Waals surface area contributed by atoms with Crippen LogP contribution >= 0.6 is 34.7 Å². The summed E-state index contributed by atoms with van der Waals surface area (Å²) in [5.41, 5.74) is 1.53. The second kappa shape index (κ2) is 9.94. The zero-order valence-corrected chi connectivity index (χ0v) is 20.0. The number of hydrogen-bond donors (Lipinski definition) is 1. The van der Waals surface area contributed by atoms with Crippen molar-refractivity contribution in [3.63, 3.8) is 0 Å². The zero-order chi connectivity index (χ0) is 22.7. The van der Waals surface area contributed by atoms with Crippen LogP contribution in [0.5, 0.6) is 5.75 Å². The van der Waals surface area contributed by atoms with Crippen LogP contribution in [-0.2, 0) is 6.42 Å². The van der Waals surface area contributed by atoms with Gasteiger partial charge in [0, 0.05) is 43.6 Å². The van der Waals surface area contributed by atoms with Gasteiger partial charge in [-0.2, -0.15) is 4.37 Å². The molecular weight excluding hydrogens is 469 g/mol. The summed E-state index contributed by atoms with van der Waals surface area (Å²) < 4.78 is 9.81. The number of nitrogens with zero attached hydrogens (tertiary/aromatic N) is 4. The van der Waals surface area contributed by atoms with Crippen molar-refractivity contribution in [2.45, 2.75) is 19.4 Å². The predicted molar refractivity (Wildman–Crippen MR) is 130 cm³/mol. The van der Waals surface area contributed by atoms with E-state index in [1.54, 1.807) is 30.2 Å². The summed E-state index contributed by atoms with van der Waals surface area (Å²) in [6, 6.07) is 12.8. The maximum atomic E-state index is 12.8. The highest BCUT2D eigenvalue weighted by Gasteiger charge is 2.29. The average molecular weight is 492 g/mol. The van der Waals surface area contributed by atoms with E-state index in [0.29, 0.717) is 41.8 Å². The van der Waals surface area contributed by atoms with E-state index < -0.39 is 0 Å². The number of aromatic nitrogens is 2. The molecule has 0 aliphatic carbocycles. The van der Waals surface area contributed by atoms with Gasteiger partial charge in [-0.1, -0.05) is 41.4 Å². The first-order chi connectivity index (χ1) is 15.4. The number of para-hydroxylation sites is 1. The lowest BCUT2D eigenvalue weighted by Gasteiger charge is -2.39. The van der Waals surface area contributed by atoms with Gasteiger partial charge < -0.3 is 19.9 Å². The molecule has 4 rings (SSSR count). The van der Waals surface area contributed by atoms with Gasteiger partial charge in [-0.15, -0.1) is 0 Å². The van der Waals surface area contributed by atoms with Crippen molar-refractivity contribution in [2.24, 2.45) is 0 Å². The molecule has 10 heteroatoms. The van der Waals surface area contributed by atoms with E-state index in [1.165, 1.54) is 11.5 Å². The van der Waals surface area contributed by atoms with Crippen molar-refractivity contribution in [3.8, 4) is 5.75 Å². The molecule has 2 amide bonds. The highest BCUT2D eigenvalue weighted by Crippen LogP contribution is 2.30. The second-order valence-corrected chi connectivity index (χ2v) is 9.08. The maximum Gasteiger partial charge on any atom is 0.322 e. The molecule has 2 heterocycles. The average Bonchev–Trinajstić information content (AvgIpc) is 3.24. The normalized spacial score (nSPS) is 16.2. The van der Waals surface area contributed by atoms with Crippen LogP contribution in [0.15, 0.2) is 42.5 Å². The molecule has 1 aliphatic heterocycles. The topological polar surface area (TPSA) is 70.6 Å². The van der Waals surface area contributed by atoms with E-state index in [2.05, 4.69) is 14.6 Å². The van der Waals surface area contributed by atoms with E-state index in [1.807, 2.05) is 31.2 Å². The summed E-state index contributed by atoms with van der Waals surface area (Å²) in [5, 5.41) is 4.53. The van der Waals surface area contributed by atoms with E-state index >= 15 is 0 Å². The van der Waals surface area contributed by atoms with Crippen LogP contribution < -0.4 is 15.0 Å². The van der Waals surface area contributed by atoms with Gasteiger partial charge in [0.05, 0.1) is 22.8 Å². The Hall–Kier alpha value is -2.55. The van der Waals surface area contributed by atoms with E-state index in [9.17, 15) is 4.79 Å². The molecule has 1 unspecified atom stereocenters. The number of hydrogen-bond acceptors (Lipinski definition) is 6. The van der Waals surface area contributed by atoms with Crippen LogP contribution in [0.1, 0.15) is 18.3 Å². The minimum atomic E-state index is -0.219. The third-order valence-corrected chi connectivity index (χ3v) is 6.75. The van der Waals surface area contributed by atoms with Crippen LogP contribution in [0.25, 0.3) is 0 Å². The number of amides is 2. The third-order valence-electron chi connectivity index (χ3n) is 5.31. The number of piperazine rings is 1. The molecule has 3 aromatic rings. The fourth-order valence-electron chi connectivity index (χ4n) is 3.64. The lowest BCUT2D eigenvalue weighted by molar-refractivity contribution is 0.185. The first kappa shape index (κ1) is 22.6. The first-order valence-corrected chi connectivity index (χ1v) is 11.7. The molecule has 0 bridgehead atoms. The molecule has 0 spiro atoms. The summed E-state index contributed by atoms with van der Waals surface area (Å²) >= 11 is 13.7. The third kappa shape index (κ3) is 5.09. The Morgan fingerprint density at radius 2 is 1.97 bits per heavy atom. The molecule has 0 saturated carbocycles. The Balaban J connectivity index is 1.37. The fourth-order valence-corrected chi connectivity index (χ4v) is 4.85. The van der Waals surface area contributed by atoms with Crippen LogP contribution in [0.4, 0.5) is 15.6 Å². The van der Waals surface area contributed by atoms with Crippen molar-refractivity contribution in [2.75, 3.05) is 37.0 Å². The summed E-state index contributed by atoms with van der Waals surface area (Å²) in [6.07, 6.45) is 0.643. The van der Waals surface area contributed by atoms with E-state index in [-0.39, 0.29) is 12.1 Å². The van der Waals surface area contributed by atoms with Crippen LogP contribution in [0.3, 0.4) is 0 Å². The molecule has 1 saturated heterocycles. The highest BCUT2D eigenvalue weighted by atomic mass is 35.5.